The van der Waals surface area contributed by atoms with Gasteiger partial charge in [0.05, 0.1) is 23.9 Å². The average molecular weight is 507 g/mol. The van der Waals surface area contributed by atoms with Crippen LogP contribution in [0.2, 0.25) is 0 Å². The van der Waals surface area contributed by atoms with E-state index in [0.717, 1.165) is 35.8 Å². The molecule has 1 heterocycles. The summed E-state index contributed by atoms with van der Waals surface area (Å²) in [5.74, 6) is -3.74. The van der Waals surface area contributed by atoms with Crippen LogP contribution in [-0.2, 0) is 9.59 Å². The monoisotopic (exact) mass is 506 g/mol. The van der Waals surface area contributed by atoms with Gasteiger partial charge in [0, 0.05) is 30.4 Å². The fourth-order valence-corrected chi connectivity index (χ4v) is 4.58. The largest absolute Gasteiger partial charge is 0.507 e. The van der Waals surface area contributed by atoms with Gasteiger partial charge in [-0.25, -0.2) is 8.78 Å². The average Bonchev–Trinajstić information content (AvgIpc) is 3.15. The van der Waals surface area contributed by atoms with Gasteiger partial charge in [0.15, 0.2) is 0 Å². The van der Waals surface area contributed by atoms with Crippen LogP contribution in [0.1, 0.15) is 37.9 Å². The minimum atomic E-state index is -1.14. The predicted octanol–water partition coefficient (Wildman–Crippen LogP) is 5.84. The summed E-state index contributed by atoms with van der Waals surface area (Å²) in [6, 6.07) is 15.3. The van der Waals surface area contributed by atoms with Gasteiger partial charge in [-0.05, 0) is 62.7 Å². The number of anilines is 2. The number of carbonyl (C=O) groups excluding carboxylic acids is 2. The number of hydrogen-bond acceptors (Lipinski definition) is 5. The summed E-state index contributed by atoms with van der Waals surface area (Å²) in [6.07, 6.45) is 0. The standard InChI is InChI=1S/C29H28F2N2O4/c1-4-32(5-2)21-13-10-18(11-14-21)26-25(27(34)19-8-7-9-22(16-19)37-6-3)28(35)29(36)33(26)24-15-12-20(30)17-23(24)31/h7-17,26,34H,4-6H2,1-3H3/b27-25+. The minimum absolute atomic E-state index is 0.196. The van der Waals surface area contributed by atoms with E-state index in [1.54, 1.807) is 36.4 Å². The van der Waals surface area contributed by atoms with Gasteiger partial charge in [-0.2, -0.15) is 0 Å². The number of aliphatic hydroxyl groups excluding tert-OH is 1. The lowest BCUT2D eigenvalue weighted by molar-refractivity contribution is -0.132. The zero-order chi connectivity index (χ0) is 26.7. The van der Waals surface area contributed by atoms with E-state index >= 15 is 0 Å². The summed E-state index contributed by atoms with van der Waals surface area (Å²) in [4.78, 5) is 29.6. The number of amides is 1. The molecule has 3 aromatic rings. The Kier molecular flexibility index (Phi) is 7.57. The van der Waals surface area contributed by atoms with E-state index in [-0.39, 0.29) is 16.8 Å². The van der Waals surface area contributed by atoms with Crippen molar-refractivity contribution in [3.63, 3.8) is 0 Å². The summed E-state index contributed by atoms with van der Waals surface area (Å²) in [5, 5.41) is 11.3. The number of rotatable bonds is 8. The van der Waals surface area contributed by atoms with Crippen LogP contribution in [0.5, 0.6) is 5.75 Å². The zero-order valence-electron chi connectivity index (χ0n) is 20.9. The number of benzene rings is 3. The van der Waals surface area contributed by atoms with E-state index in [0.29, 0.717) is 24.0 Å². The Morgan fingerprint density at radius 3 is 2.30 bits per heavy atom. The number of halogens is 2. The Morgan fingerprint density at radius 1 is 0.973 bits per heavy atom. The summed E-state index contributed by atoms with van der Waals surface area (Å²) in [6.45, 7) is 7.84. The summed E-state index contributed by atoms with van der Waals surface area (Å²) >= 11 is 0. The number of ether oxygens (including phenoxy) is 1. The zero-order valence-corrected chi connectivity index (χ0v) is 20.9. The molecular weight excluding hydrogens is 478 g/mol. The highest BCUT2D eigenvalue weighted by Gasteiger charge is 2.47. The highest BCUT2D eigenvalue weighted by Crippen LogP contribution is 2.43. The van der Waals surface area contributed by atoms with Crippen LogP contribution in [0.25, 0.3) is 5.76 Å². The fraction of sp³-hybridized carbons (Fsp3) is 0.241. The Bertz CT molecular complexity index is 1350. The normalized spacial score (nSPS) is 16.8. The molecule has 1 aliphatic rings. The molecule has 192 valence electrons. The van der Waals surface area contributed by atoms with Crippen LogP contribution in [0, 0.1) is 11.6 Å². The van der Waals surface area contributed by atoms with Crippen molar-refractivity contribution in [2.75, 3.05) is 29.5 Å². The van der Waals surface area contributed by atoms with Crippen LogP contribution in [0.4, 0.5) is 20.2 Å². The quantitative estimate of drug-likeness (QED) is 0.236. The van der Waals surface area contributed by atoms with E-state index in [2.05, 4.69) is 4.90 Å². The van der Waals surface area contributed by atoms with Crippen LogP contribution < -0.4 is 14.5 Å². The van der Waals surface area contributed by atoms with Crippen molar-refractivity contribution in [1.82, 2.24) is 0 Å². The predicted molar refractivity (Wildman–Crippen MR) is 139 cm³/mol. The SMILES string of the molecule is CCOc1cccc(/C(O)=C2\C(=O)C(=O)N(c3ccc(F)cc3F)C2c2ccc(N(CC)CC)cc2)c1. The van der Waals surface area contributed by atoms with Crippen molar-refractivity contribution in [2.24, 2.45) is 0 Å². The molecule has 1 N–H and O–H groups in total. The van der Waals surface area contributed by atoms with Crippen LogP contribution >= 0.6 is 0 Å². The molecule has 1 amide bonds. The van der Waals surface area contributed by atoms with Gasteiger partial charge in [0.2, 0.25) is 0 Å². The van der Waals surface area contributed by atoms with Crippen LogP contribution in [0.3, 0.4) is 0 Å². The van der Waals surface area contributed by atoms with Crippen LogP contribution in [-0.4, -0.2) is 36.5 Å². The second-order valence-electron chi connectivity index (χ2n) is 8.49. The van der Waals surface area contributed by atoms with Gasteiger partial charge in [-0.3, -0.25) is 14.5 Å². The highest BCUT2D eigenvalue weighted by atomic mass is 19.1. The maximum absolute atomic E-state index is 14.9. The van der Waals surface area contributed by atoms with E-state index in [4.69, 9.17) is 4.74 Å². The maximum atomic E-state index is 14.9. The number of carbonyl (C=O) groups is 2. The van der Waals surface area contributed by atoms with Crippen molar-refractivity contribution in [1.29, 1.82) is 0 Å². The smallest absolute Gasteiger partial charge is 0.300 e. The Labute approximate surface area is 214 Å². The molecule has 8 heteroatoms. The molecule has 0 aromatic heterocycles. The molecule has 6 nitrogen and oxygen atoms in total. The maximum Gasteiger partial charge on any atom is 0.300 e. The lowest BCUT2D eigenvalue weighted by Gasteiger charge is -2.27. The third kappa shape index (κ3) is 4.91. The molecule has 0 saturated carbocycles. The second-order valence-corrected chi connectivity index (χ2v) is 8.49. The third-order valence-corrected chi connectivity index (χ3v) is 6.37. The molecule has 3 aromatic carbocycles. The Hall–Kier alpha value is -4.20. The molecular formula is C29H28F2N2O4. The lowest BCUT2D eigenvalue weighted by Crippen LogP contribution is -2.30. The van der Waals surface area contributed by atoms with E-state index < -0.39 is 35.1 Å². The van der Waals surface area contributed by atoms with Crippen LogP contribution in [0.15, 0.2) is 72.3 Å². The van der Waals surface area contributed by atoms with Crippen molar-refractivity contribution < 1.29 is 28.2 Å². The van der Waals surface area contributed by atoms with Gasteiger partial charge in [0.25, 0.3) is 11.7 Å². The van der Waals surface area contributed by atoms with Gasteiger partial charge in [-0.1, -0.05) is 24.3 Å². The molecule has 1 unspecified atom stereocenters. The van der Waals surface area contributed by atoms with E-state index in [9.17, 15) is 23.5 Å². The first-order chi connectivity index (χ1) is 17.8. The molecule has 0 spiro atoms. The molecule has 4 rings (SSSR count). The molecule has 1 atom stereocenters. The highest BCUT2D eigenvalue weighted by molar-refractivity contribution is 6.51. The topological polar surface area (TPSA) is 70.1 Å². The summed E-state index contributed by atoms with van der Waals surface area (Å²) in [5.41, 5.74) is 1.24. The van der Waals surface area contributed by atoms with Crippen molar-refractivity contribution >= 4 is 28.8 Å². The molecule has 0 radical (unpaired) electrons. The van der Waals surface area contributed by atoms with Gasteiger partial charge < -0.3 is 14.7 Å². The number of aliphatic hydroxyl groups is 1. The molecule has 37 heavy (non-hydrogen) atoms. The molecule has 1 saturated heterocycles. The minimum Gasteiger partial charge on any atom is -0.507 e. The Balaban J connectivity index is 1.91. The summed E-state index contributed by atoms with van der Waals surface area (Å²) in [7, 11) is 0. The van der Waals surface area contributed by atoms with Gasteiger partial charge in [-0.15, -0.1) is 0 Å². The Morgan fingerprint density at radius 2 is 1.68 bits per heavy atom. The fourth-order valence-electron chi connectivity index (χ4n) is 4.58. The number of nitrogens with zero attached hydrogens (tertiary/aromatic N) is 2. The van der Waals surface area contributed by atoms with Gasteiger partial charge >= 0.3 is 0 Å². The first kappa shape index (κ1) is 25.9. The van der Waals surface area contributed by atoms with Crippen molar-refractivity contribution in [3.8, 4) is 5.75 Å². The van der Waals surface area contributed by atoms with Crippen molar-refractivity contribution in [2.45, 2.75) is 26.8 Å². The lowest BCUT2D eigenvalue weighted by atomic mass is 9.94. The molecule has 1 aliphatic heterocycles. The molecule has 0 aliphatic carbocycles. The van der Waals surface area contributed by atoms with Crippen molar-refractivity contribution in [3.05, 3.63) is 95.1 Å². The third-order valence-electron chi connectivity index (χ3n) is 6.37. The van der Waals surface area contributed by atoms with E-state index in [1.165, 1.54) is 0 Å². The first-order valence-corrected chi connectivity index (χ1v) is 12.1. The molecule has 0 bridgehead atoms. The summed E-state index contributed by atoms with van der Waals surface area (Å²) < 4.78 is 34.1. The van der Waals surface area contributed by atoms with E-state index in [1.807, 2.05) is 32.9 Å². The first-order valence-electron chi connectivity index (χ1n) is 12.1. The second kappa shape index (κ2) is 10.8. The number of hydrogen-bond donors (Lipinski definition) is 1. The number of ketones is 1. The number of Topliss-reactive ketones (excluding diaryl/α,β-unsaturated/α-hetero) is 1. The molecule has 1 fully saturated rings. The van der Waals surface area contributed by atoms with Gasteiger partial charge in [0.1, 0.15) is 23.1 Å².